The van der Waals surface area contributed by atoms with Gasteiger partial charge in [0.2, 0.25) is 0 Å². The van der Waals surface area contributed by atoms with Gasteiger partial charge in [-0.05, 0) is 80.9 Å². The number of hydrogen-bond donors (Lipinski definition) is 0. The standard InChI is InChI=1S/C54H36N2/c1-3-13-37(14-4-1)39-25-29-41(30-26-39)43-17-11-19-45(35-43)55-51-23-9-7-21-47(51)49-33-34-50-48-22-8-10-24-52(48)56(54(50)53(49)55)46-20-12-18-44(36-46)42-31-27-40(28-32-42)38-15-5-2-6-16-38/h1-36H. The van der Waals surface area contributed by atoms with E-state index in [4.69, 9.17) is 0 Å². The van der Waals surface area contributed by atoms with Crippen molar-refractivity contribution in [1.82, 2.24) is 9.13 Å². The first kappa shape index (κ1) is 32.0. The minimum absolute atomic E-state index is 1.14. The number of hydrogen-bond acceptors (Lipinski definition) is 0. The lowest BCUT2D eigenvalue weighted by Crippen LogP contribution is -1.99. The molecule has 2 heterocycles. The number of nitrogens with zero attached hydrogens (tertiary/aromatic N) is 2. The van der Waals surface area contributed by atoms with Gasteiger partial charge in [0, 0.05) is 32.9 Å². The Kier molecular flexibility index (Phi) is 7.53. The fourth-order valence-corrected chi connectivity index (χ4v) is 8.66. The molecule has 0 aliphatic rings. The molecule has 2 nitrogen and oxygen atoms in total. The molecule has 56 heavy (non-hydrogen) atoms. The van der Waals surface area contributed by atoms with Gasteiger partial charge < -0.3 is 9.13 Å². The molecule has 0 N–H and O–H groups in total. The van der Waals surface area contributed by atoms with Gasteiger partial charge in [0.05, 0.1) is 22.1 Å². The minimum Gasteiger partial charge on any atom is -0.307 e. The van der Waals surface area contributed by atoms with Crippen molar-refractivity contribution in [3.8, 4) is 55.9 Å². The van der Waals surface area contributed by atoms with Gasteiger partial charge in [-0.25, -0.2) is 0 Å². The first-order valence-electron chi connectivity index (χ1n) is 19.3. The van der Waals surface area contributed by atoms with Crippen molar-refractivity contribution in [2.45, 2.75) is 0 Å². The van der Waals surface area contributed by atoms with Gasteiger partial charge in [0.15, 0.2) is 0 Å². The number of aromatic nitrogens is 2. The summed E-state index contributed by atoms with van der Waals surface area (Å²) < 4.78 is 4.97. The van der Waals surface area contributed by atoms with Gasteiger partial charge in [0.1, 0.15) is 0 Å². The summed E-state index contributed by atoms with van der Waals surface area (Å²) in [6.07, 6.45) is 0. The highest BCUT2D eigenvalue weighted by atomic mass is 15.0. The molecule has 0 unspecified atom stereocenters. The highest BCUT2D eigenvalue weighted by Gasteiger charge is 2.21. The third-order valence-corrected chi connectivity index (χ3v) is 11.3. The molecule has 9 aromatic carbocycles. The molecule has 0 aliphatic carbocycles. The summed E-state index contributed by atoms with van der Waals surface area (Å²) in [6.45, 7) is 0. The highest BCUT2D eigenvalue weighted by molar-refractivity contribution is 6.23. The molecule has 0 aliphatic heterocycles. The second-order valence-electron chi connectivity index (χ2n) is 14.6. The molecule has 0 saturated carbocycles. The van der Waals surface area contributed by atoms with Crippen LogP contribution in [-0.2, 0) is 0 Å². The van der Waals surface area contributed by atoms with Crippen LogP contribution in [-0.4, -0.2) is 9.13 Å². The summed E-state index contributed by atoms with van der Waals surface area (Å²) in [5, 5.41) is 4.96. The second kappa shape index (κ2) is 13.2. The van der Waals surface area contributed by atoms with Gasteiger partial charge in [-0.2, -0.15) is 0 Å². The molecule has 0 spiro atoms. The van der Waals surface area contributed by atoms with Crippen LogP contribution in [0.15, 0.2) is 218 Å². The van der Waals surface area contributed by atoms with Crippen LogP contribution >= 0.6 is 0 Å². The summed E-state index contributed by atoms with van der Waals surface area (Å²) >= 11 is 0. The van der Waals surface area contributed by atoms with E-state index in [0.29, 0.717) is 0 Å². The summed E-state index contributed by atoms with van der Waals surface area (Å²) in [5.41, 5.74) is 16.7. The molecule has 0 saturated heterocycles. The zero-order valence-electron chi connectivity index (χ0n) is 30.7. The van der Waals surface area contributed by atoms with E-state index < -0.39 is 0 Å². The lowest BCUT2D eigenvalue weighted by molar-refractivity contribution is 1.15. The van der Waals surface area contributed by atoms with Crippen LogP contribution in [0.1, 0.15) is 0 Å². The Morgan fingerprint density at radius 1 is 0.214 bits per heavy atom. The Bertz CT molecular complexity index is 2980. The van der Waals surface area contributed by atoms with E-state index in [0.717, 1.165) is 11.4 Å². The monoisotopic (exact) mass is 712 g/mol. The molecule has 0 fully saturated rings. The summed E-state index contributed by atoms with van der Waals surface area (Å²) in [5.74, 6) is 0. The Morgan fingerprint density at radius 2 is 0.536 bits per heavy atom. The summed E-state index contributed by atoms with van der Waals surface area (Å²) in [6, 6.07) is 79.4. The lowest BCUT2D eigenvalue weighted by Gasteiger charge is -2.14. The Labute approximate surface area is 325 Å². The Hall–Kier alpha value is -7.42. The average Bonchev–Trinajstić information content (AvgIpc) is 3.80. The fourth-order valence-electron chi connectivity index (χ4n) is 8.66. The normalized spacial score (nSPS) is 11.6. The fraction of sp³-hybridized carbons (Fsp3) is 0. The van der Waals surface area contributed by atoms with E-state index in [9.17, 15) is 0 Å². The number of fused-ring (bicyclic) bond motifs is 7. The van der Waals surface area contributed by atoms with E-state index in [-0.39, 0.29) is 0 Å². The summed E-state index contributed by atoms with van der Waals surface area (Å²) in [7, 11) is 0. The zero-order valence-corrected chi connectivity index (χ0v) is 30.7. The van der Waals surface area contributed by atoms with Crippen molar-refractivity contribution in [2.24, 2.45) is 0 Å². The Morgan fingerprint density at radius 3 is 0.946 bits per heavy atom. The lowest BCUT2D eigenvalue weighted by atomic mass is 10.00. The van der Waals surface area contributed by atoms with Crippen LogP contribution in [0.2, 0.25) is 0 Å². The van der Waals surface area contributed by atoms with Crippen LogP contribution in [0.5, 0.6) is 0 Å². The summed E-state index contributed by atoms with van der Waals surface area (Å²) in [4.78, 5) is 0. The van der Waals surface area contributed by atoms with Gasteiger partial charge in [-0.3, -0.25) is 0 Å². The molecule has 2 aromatic heterocycles. The van der Waals surface area contributed by atoms with E-state index in [2.05, 4.69) is 228 Å². The first-order valence-corrected chi connectivity index (χ1v) is 19.3. The Balaban J connectivity index is 1.11. The van der Waals surface area contributed by atoms with E-state index in [1.165, 1.54) is 88.1 Å². The van der Waals surface area contributed by atoms with E-state index >= 15 is 0 Å². The van der Waals surface area contributed by atoms with Crippen LogP contribution in [0.3, 0.4) is 0 Å². The van der Waals surface area contributed by atoms with Gasteiger partial charge in [-0.15, -0.1) is 0 Å². The quantitative estimate of drug-likeness (QED) is 0.162. The average molecular weight is 713 g/mol. The SMILES string of the molecule is c1ccc(-c2ccc(-c3cccc(-n4c5ccccc5c5ccc6c7ccccc7n(-c7cccc(-c8ccc(-c9ccccc9)cc8)c7)c6c54)c3)cc2)cc1. The molecule has 0 atom stereocenters. The zero-order chi connectivity index (χ0) is 37.0. The second-order valence-corrected chi connectivity index (χ2v) is 14.6. The maximum atomic E-state index is 2.48. The molecule has 0 bridgehead atoms. The first-order chi connectivity index (χ1) is 27.8. The number of benzene rings is 9. The molecular weight excluding hydrogens is 677 g/mol. The van der Waals surface area contributed by atoms with Crippen LogP contribution in [0.25, 0.3) is 99.5 Å². The molecule has 2 heteroatoms. The largest absolute Gasteiger partial charge is 0.307 e. The number of para-hydroxylation sites is 2. The van der Waals surface area contributed by atoms with Crippen molar-refractivity contribution in [2.75, 3.05) is 0 Å². The molecule has 11 aromatic rings. The van der Waals surface area contributed by atoms with Crippen LogP contribution in [0.4, 0.5) is 0 Å². The third kappa shape index (κ3) is 5.26. The molecular formula is C54H36N2. The third-order valence-electron chi connectivity index (χ3n) is 11.3. The van der Waals surface area contributed by atoms with Gasteiger partial charge >= 0.3 is 0 Å². The molecule has 262 valence electrons. The molecule has 11 rings (SSSR count). The maximum Gasteiger partial charge on any atom is 0.0788 e. The van der Waals surface area contributed by atoms with Gasteiger partial charge in [-0.1, -0.05) is 182 Å². The highest BCUT2D eigenvalue weighted by Crippen LogP contribution is 2.42. The van der Waals surface area contributed by atoms with Gasteiger partial charge in [0.25, 0.3) is 0 Å². The van der Waals surface area contributed by atoms with Crippen molar-refractivity contribution >= 4 is 43.6 Å². The van der Waals surface area contributed by atoms with Crippen molar-refractivity contribution in [1.29, 1.82) is 0 Å². The predicted molar refractivity (Wildman–Crippen MR) is 237 cm³/mol. The predicted octanol–water partition coefficient (Wildman–Crippen LogP) is 14.5. The maximum absolute atomic E-state index is 2.48. The van der Waals surface area contributed by atoms with Crippen LogP contribution in [0, 0.1) is 0 Å². The van der Waals surface area contributed by atoms with Crippen molar-refractivity contribution < 1.29 is 0 Å². The number of rotatable bonds is 6. The molecule has 0 amide bonds. The smallest absolute Gasteiger partial charge is 0.0788 e. The van der Waals surface area contributed by atoms with E-state index in [1.807, 2.05) is 0 Å². The minimum atomic E-state index is 1.14. The van der Waals surface area contributed by atoms with E-state index in [1.54, 1.807) is 0 Å². The van der Waals surface area contributed by atoms with Crippen molar-refractivity contribution in [3.63, 3.8) is 0 Å². The van der Waals surface area contributed by atoms with Crippen molar-refractivity contribution in [3.05, 3.63) is 218 Å². The molecule has 0 radical (unpaired) electrons. The van der Waals surface area contributed by atoms with Crippen LogP contribution < -0.4 is 0 Å². The topological polar surface area (TPSA) is 9.86 Å².